The average Bonchev–Trinajstić information content (AvgIpc) is 2.00. The number of likely N-dealkylation sites (tertiary alicyclic amines) is 1. The number of aliphatic carboxylic acids is 1. The Labute approximate surface area is 82.9 Å². The Bertz CT molecular complexity index is 242. The lowest BCUT2D eigenvalue weighted by atomic mass is 9.94. The molecular weight excluding hydrogens is 184 g/mol. The van der Waals surface area contributed by atoms with Crippen molar-refractivity contribution in [2.75, 3.05) is 6.54 Å². The van der Waals surface area contributed by atoms with Gasteiger partial charge in [0.2, 0.25) is 0 Å². The highest BCUT2D eigenvalue weighted by Gasteiger charge is 2.30. The second-order valence-electron chi connectivity index (χ2n) is 3.79. The van der Waals surface area contributed by atoms with E-state index in [2.05, 4.69) is 0 Å². The van der Waals surface area contributed by atoms with Crippen molar-refractivity contribution in [3.05, 3.63) is 0 Å². The van der Waals surface area contributed by atoms with Crippen LogP contribution in [0.2, 0.25) is 0 Å². The first-order chi connectivity index (χ1) is 6.52. The molecule has 0 bridgehead atoms. The lowest BCUT2D eigenvalue weighted by molar-refractivity contribution is -0.141. The number of rotatable bonds is 4. The maximum absolute atomic E-state index is 10.8. The van der Waals surface area contributed by atoms with Gasteiger partial charge in [-0.3, -0.25) is 4.79 Å². The number of hydrogen-bond donors (Lipinski definition) is 2. The molecule has 1 fully saturated rings. The standard InChI is InChI=1S/C9H16N2O3/c1-6(8(12)13)2-3-7-4-5-11(7)9(10)14/h6-7H,2-5H2,1H3,(H2,10,14)(H,12,13). The van der Waals surface area contributed by atoms with Crippen LogP contribution in [0.25, 0.3) is 0 Å². The SMILES string of the molecule is CC(CCC1CCN1C(N)=O)C(=O)O. The number of carbonyl (C=O) groups excluding carboxylic acids is 1. The molecule has 5 heteroatoms. The van der Waals surface area contributed by atoms with Crippen LogP contribution >= 0.6 is 0 Å². The molecule has 0 aromatic rings. The predicted molar refractivity (Wildman–Crippen MR) is 50.7 cm³/mol. The Hall–Kier alpha value is -1.26. The zero-order valence-corrected chi connectivity index (χ0v) is 8.27. The van der Waals surface area contributed by atoms with E-state index < -0.39 is 12.0 Å². The number of hydrogen-bond acceptors (Lipinski definition) is 2. The van der Waals surface area contributed by atoms with Crippen molar-refractivity contribution in [2.45, 2.75) is 32.2 Å². The molecule has 0 saturated carbocycles. The van der Waals surface area contributed by atoms with Crippen LogP contribution in [0.3, 0.4) is 0 Å². The maximum Gasteiger partial charge on any atom is 0.315 e. The third kappa shape index (κ3) is 2.37. The molecule has 0 aromatic heterocycles. The smallest absolute Gasteiger partial charge is 0.315 e. The van der Waals surface area contributed by atoms with Crippen LogP contribution < -0.4 is 5.73 Å². The monoisotopic (exact) mass is 200 g/mol. The third-order valence-corrected chi connectivity index (χ3v) is 2.78. The van der Waals surface area contributed by atoms with Crippen LogP contribution in [-0.4, -0.2) is 34.6 Å². The average molecular weight is 200 g/mol. The van der Waals surface area contributed by atoms with Crippen molar-refractivity contribution < 1.29 is 14.7 Å². The largest absolute Gasteiger partial charge is 0.481 e. The summed E-state index contributed by atoms with van der Waals surface area (Å²) in [6.45, 7) is 2.39. The van der Waals surface area contributed by atoms with Gasteiger partial charge in [0.15, 0.2) is 0 Å². The second-order valence-corrected chi connectivity index (χ2v) is 3.79. The minimum Gasteiger partial charge on any atom is -0.481 e. The summed E-state index contributed by atoms with van der Waals surface area (Å²) in [7, 11) is 0. The number of carboxylic acids is 1. The highest BCUT2D eigenvalue weighted by atomic mass is 16.4. The minimum absolute atomic E-state index is 0.161. The summed E-state index contributed by atoms with van der Waals surface area (Å²) in [6.07, 6.45) is 2.27. The molecule has 14 heavy (non-hydrogen) atoms. The van der Waals surface area contributed by atoms with Crippen LogP contribution in [0.1, 0.15) is 26.2 Å². The quantitative estimate of drug-likeness (QED) is 0.698. The van der Waals surface area contributed by atoms with Crippen molar-refractivity contribution in [1.82, 2.24) is 4.90 Å². The first kappa shape index (κ1) is 10.8. The van der Waals surface area contributed by atoms with Crippen molar-refractivity contribution >= 4 is 12.0 Å². The fourth-order valence-corrected chi connectivity index (χ4v) is 1.60. The van der Waals surface area contributed by atoms with E-state index in [1.165, 1.54) is 0 Å². The summed E-state index contributed by atoms with van der Waals surface area (Å²) >= 11 is 0. The molecule has 1 rings (SSSR count). The van der Waals surface area contributed by atoms with E-state index in [0.717, 1.165) is 12.8 Å². The predicted octanol–water partition coefficient (Wildman–Crippen LogP) is 0.640. The molecule has 2 amide bonds. The molecule has 5 nitrogen and oxygen atoms in total. The molecule has 0 aliphatic carbocycles. The molecule has 0 spiro atoms. The molecule has 1 aliphatic heterocycles. The number of primary amides is 1. The number of urea groups is 1. The second kappa shape index (κ2) is 4.30. The van der Waals surface area contributed by atoms with Gasteiger partial charge in [0.05, 0.1) is 5.92 Å². The highest BCUT2D eigenvalue weighted by molar-refractivity contribution is 5.73. The summed E-state index contributed by atoms with van der Waals surface area (Å²) in [5.74, 6) is -1.12. The Morgan fingerprint density at radius 3 is 2.64 bits per heavy atom. The van der Waals surface area contributed by atoms with Gasteiger partial charge in [0.25, 0.3) is 0 Å². The van der Waals surface area contributed by atoms with Crippen molar-refractivity contribution in [3.63, 3.8) is 0 Å². The van der Waals surface area contributed by atoms with Gasteiger partial charge in [-0.25, -0.2) is 4.79 Å². The van der Waals surface area contributed by atoms with Gasteiger partial charge in [0.1, 0.15) is 0 Å². The molecule has 1 aliphatic rings. The van der Waals surface area contributed by atoms with Gasteiger partial charge in [0, 0.05) is 12.6 Å². The van der Waals surface area contributed by atoms with E-state index in [0.29, 0.717) is 13.0 Å². The normalized spacial score (nSPS) is 22.6. The number of nitrogens with zero attached hydrogens (tertiary/aromatic N) is 1. The van der Waals surface area contributed by atoms with E-state index in [9.17, 15) is 9.59 Å². The van der Waals surface area contributed by atoms with E-state index in [1.807, 2.05) is 0 Å². The van der Waals surface area contributed by atoms with Gasteiger partial charge in [-0.2, -0.15) is 0 Å². The fraction of sp³-hybridized carbons (Fsp3) is 0.778. The molecule has 80 valence electrons. The molecule has 3 N–H and O–H groups in total. The third-order valence-electron chi connectivity index (χ3n) is 2.78. The zero-order valence-electron chi connectivity index (χ0n) is 8.27. The van der Waals surface area contributed by atoms with E-state index >= 15 is 0 Å². The lowest BCUT2D eigenvalue weighted by Crippen LogP contribution is -2.53. The Morgan fingerprint density at radius 1 is 1.64 bits per heavy atom. The lowest BCUT2D eigenvalue weighted by Gasteiger charge is -2.40. The zero-order chi connectivity index (χ0) is 10.7. The molecule has 0 radical (unpaired) electrons. The fourth-order valence-electron chi connectivity index (χ4n) is 1.60. The summed E-state index contributed by atoms with van der Waals surface area (Å²) < 4.78 is 0. The van der Waals surface area contributed by atoms with Crippen LogP contribution in [-0.2, 0) is 4.79 Å². The number of amides is 2. The minimum atomic E-state index is -0.782. The van der Waals surface area contributed by atoms with Gasteiger partial charge in [-0.05, 0) is 19.3 Å². The van der Waals surface area contributed by atoms with E-state index in [1.54, 1.807) is 11.8 Å². The first-order valence-corrected chi connectivity index (χ1v) is 4.81. The van der Waals surface area contributed by atoms with Crippen LogP contribution in [0.15, 0.2) is 0 Å². The molecule has 2 atom stereocenters. The Morgan fingerprint density at radius 2 is 2.29 bits per heavy atom. The van der Waals surface area contributed by atoms with Gasteiger partial charge in [-0.1, -0.05) is 6.92 Å². The van der Waals surface area contributed by atoms with Crippen LogP contribution in [0.4, 0.5) is 4.79 Å². The Balaban J connectivity index is 2.26. The maximum atomic E-state index is 10.8. The topological polar surface area (TPSA) is 83.6 Å². The van der Waals surface area contributed by atoms with E-state index in [-0.39, 0.29) is 12.0 Å². The summed E-state index contributed by atoms with van der Waals surface area (Å²) in [4.78, 5) is 22.9. The molecular formula is C9H16N2O3. The van der Waals surface area contributed by atoms with Crippen LogP contribution in [0.5, 0.6) is 0 Å². The van der Waals surface area contributed by atoms with Gasteiger partial charge < -0.3 is 15.7 Å². The van der Waals surface area contributed by atoms with E-state index in [4.69, 9.17) is 10.8 Å². The first-order valence-electron chi connectivity index (χ1n) is 4.81. The number of carbonyl (C=O) groups is 2. The number of nitrogens with two attached hydrogens (primary N) is 1. The molecule has 1 saturated heterocycles. The molecule has 0 aromatic carbocycles. The van der Waals surface area contributed by atoms with Crippen LogP contribution in [0, 0.1) is 5.92 Å². The molecule has 2 unspecified atom stereocenters. The molecule has 1 heterocycles. The van der Waals surface area contributed by atoms with Gasteiger partial charge >= 0.3 is 12.0 Å². The van der Waals surface area contributed by atoms with Crippen molar-refractivity contribution in [1.29, 1.82) is 0 Å². The Kier molecular flexibility index (Phi) is 3.33. The summed E-state index contributed by atoms with van der Waals surface area (Å²) in [5.41, 5.74) is 5.12. The highest BCUT2D eigenvalue weighted by Crippen LogP contribution is 2.23. The number of carboxylic acid groups (broad SMARTS) is 1. The summed E-state index contributed by atoms with van der Waals surface area (Å²) in [6, 6.07) is -0.237. The van der Waals surface area contributed by atoms with Gasteiger partial charge in [-0.15, -0.1) is 0 Å². The summed E-state index contributed by atoms with van der Waals surface area (Å²) in [5, 5.41) is 8.66. The van der Waals surface area contributed by atoms with Crippen molar-refractivity contribution in [3.8, 4) is 0 Å². The van der Waals surface area contributed by atoms with Crippen molar-refractivity contribution in [2.24, 2.45) is 11.7 Å².